The zero-order valence-corrected chi connectivity index (χ0v) is 12.8. The summed E-state index contributed by atoms with van der Waals surface area (Å²) in [5.74, 6) is 0.370. The zero-order valence-electron chi connectivity index (χ0n) is 11.3. The molecule has 1 unspecified atom stereocenters. The molecule has 0 amide bonds. The number of nitrogens with one attached hydrogen (secondary N) is 1. The molecular formula is C13H18ClNO4S. The molecule has 1 aliphatic heterocycles. The van der Waals surface area contributed by atoms with E-state index in [1.807, 2.05) is 6.92 Å². The Labute approximate surface area is 124 Å². The second-order valence-corrected chi connectivity index (χ2v) is 6.69. The van der Waals surface area contributed by atoms with E-state index in [0.717, 1.165) is 12.8 Å². The fraction of sp³-hybridized carbons (Fsp3) is 0.538. The Balaban J connectivity index is 2.09. The molecule has 0 aliphatic carbocycles. The molecule has 1 aromatic carbocycles. The molecule has 0 spiro atoms. The number of hydrogen-bond donors (Lipinski definition) is 1. The van der Waals surface area contributed by atoms with E-state index in [9.17, 15) is 8.42 Å². The number of rotatable bonds is 6. The Morgan fingerprint density at radius 2 is 2.30 bits per heavy atom. The van der Waals surface area contributed by atoms with Crippen LogP contribution in [-0.4, -0.2) is 34.3 Å². The van der Waals surface area contributed by atoms with Gasteiger partial charge >= 0.3 is 0 Å². The Bertz CT molecular complexity index is 555. The number of benzene rings is 1. The lowest BCUT2D eigenvalue weighted by atomic mass is 10.2. The number of halogens is 1. The summed E-state index contributed by atoms with van der Waals surface area (Å²) in [5, 5.41) is 0.393. The third-order valence-corrected chi connectivity index (χ3v) is 4.77. The molecule has 0 saturated carbocycles. The maximum absolute atomic E-state index is 12.2. The van der Waals surface area contributed by atoms with Crippen LogP contribution in [0.25, 0.3) is 0 Å². The summed E-state index contributed by atoms with van der Waals surface area (Å²) >= 11 is 5.95. The van der Waals surface area contributed by atoms with Gasteiger partial charge < -0.3 is 9.47 Å². The molecule has 2 rings (SSSR count). The summed E-state index contributed by atoms with van der Waals surface area (Å²) in [6.45, 7) is 3.22. The zero-order chi connectivity index (χ0) is 14.6. The monoisotopic (exact) mass is 319 g/mol. The van der Waals surface area contributed by atoms with Crippen molar-refractivity contribution in [3.8, 4) is 5.75 Å². The fourth-order valence-electron chi connectivity index (χ4n) is 2.01. The minimum absolute atomic E-state index is 0.0385. The molecule has 1 heterocycles. The molecule has 1 N–H and O–H groups in total. The largest absolute Gasteiger partial charge is 0.492 e. The van der Waals surface area contributed by atoms with Gasteiger partial charge in [0.15, 0.2) is 0 Å². The number of ether oxygens (including phenoxy) is 2. The van der Waals surface area contributed by atoms with Crippen molar-refractivity contribution in [2.24, 2.45) is 0 Å². The first-order chi connectivity index (χ1) is 9.53. The minimum Gasteiger partial charge on any atom is -0.492 e. The van der Waals surface area contributed by atoms with Crippen LogP contribution in [0.15, 0.2) is 23.1 Å². The maximum Gasteiger partial charge on any atom is 0.240 e. The van der Waals surface area contributed by atoms with Gasteiger partial charge in [0.05, 0.1) is 22.6 Å². The van der Waals surface area contributed by atoms with Crippen LogP contribution in [0.3, 0.4) is 0 Å². The average molecular weight is 320 g/mol. The van der Waals surface area contributed by atoms with E-state index < -0.39 is 10.0 Å². The molecule has 1 atom stereocenters. The Hall–Kier alpha value is -0.820. The van der Waals surface area contributed by atoms with E-state index in [1.165, 1.54) is 18.2 Å². The van der Waals surface area contributed by atoms with Crippen LogP contribution in [0.5, 0.6) is 5.75 Å². The van der Waals surface area contributed by atoms with Gasteiger partial charge in [0, 0.05) is 19.2 Å². The molecule has 1 aromatic rings. The molecule has 0 radical (unpaired) electrons. The summed E-state index contributed by atoms with van der Waals surface area (Å²) in [6, 6.07) is 4.42. The third-order valence-electron chi connectivity index (χ3n) is 3.04. The van der Waals surface area contributed by atoms with E-state index in [1.54, 1.807) is 0 Å². The maximum atomic E-state index is 12.2. The highest BCUT2D eigenvalue weighted by molar-refractivity contribution is 7.89. The summed E-state index contributed by atoms with van der Waals surface area (Å²) in [5.41, 5.74) is 0. The van der Waals surface area contributed by atoms with Crippen LogP contribution in [-0.2, 0) is 14.8 Å². The minimum atomic E-state index is -3.57. The molecule has 0 bridgehead atoms. The van der Waals surface area contributed by atoms with E-state index in [0.29, 0.717) is 24.0 Å². The van der Waals surface area contributed by atoms with Gasteiger partial charge in [0.1, 0.15) is 5.75 Å². The molecule has 20 heavy (non-hydrogen) atoms. The van der Waals surface area contributed by atoms with Gasteiger partial charge in [-0.1, -0.05) is 11.6 Å². The summed E-state index contributed by atoms with van der Waals surface area (Å²) < 4.78 is 37.6. The molecule has 5 nitrogen and oxygen atoms in total. The number of hydrogen-bond acceptors (Lipinski definition) is 4. The Morgan fingerprint density at radius 3 is 2.95 bits per heavy atom. The molecule has 112 valence electrons. The van der Waals surface area contributed by atoms with Crippen molar-refractivity contribution in [3.05, 3.63) is 23.2 Å². The first-order valence-electron chi connectivity index (χ1n) is 6.56. The normalized spacial score (nSPS) is 19.2. The predicted octanol–water partition coefficient (Wildman–Crippen LogP) is 2.20. The Morgan fingerprint density at radius 1 is 1.50 bits per heavy atom. The number of sulfonamides is 1. The van der Waals surface area contributed by atoms with E-state index in [2.05, 4.69) is 4.72 Å². The van der Waals surface area contributed by atoms with Crippen LogP contribution < -0.4 is 9.46 Å². The molecule has 7 heteroatoms. The lowest BCUT2D eigenvalue weighted by molar-refractivity contribution is 0.114. The fourth-order valence-corrected chi connectivity index (χ4v) is 3.26. The van der Waals surface area contributed by atoms with Gasteiger partial charge in [-0.25, -0.2) is 13.1 Å². The van der Waals surface area contributed by atoms with Crippen LogP contribution in [0.2, 0.25) is 5.02 Å². The molecular weight excluding hydrogens is 302 g/mol. The third kappa shape index (κ3) is 3.85. The smallest absolute Gasteiger partial charge is 0.240 e. The van der Waals surface area contributed by atoms with Gasteiger partial charge in [-0.15, -0.1) is 0 Å². The standard InChI is InChI=1S/C13H18ClNO4S/c1-2-18-13-8-11(5-6-12(13)14)20(16,17)15-9-10-4-3-7-19-10/h5-6,8,10,15H,2-4,7,9H2,1H3. The topological polar surface area (TPSA) is 64.6 Å². The molecule has 1 aliphatic rings. The molecule has 0 aromatic heterocycles. The lowest BCUT2D eigenvalue weighted by Gasteiger charge is -2.12. The van der Waals surface area contributed by atoms with Crippen LogP contribution in [0.1, 0.15) is 19.8 Å². The summed E-state index contributed by atoms with van der Waals surface area (Å²) in [6.07, 6.45) is 1.82. The first-order valence-corrected chi connectivity index (χ1v) is 8.42. The highest BCUT2D eigenvalue weighted by Gasteiger charge is 2.21. The van der Waals surface area contributed by atoms with E-state index in [-0.39, 0.29) is 17.5 Å². The van der Waals surface area contributed by atoms with Crippen molar-refractivity contribution in [2.45, 2.75) is 30.8 Å². The highest BCUT2D eigenvalue weighted by atomic mass is 35.5. The Kier molecular flexibility index (Phi) is 5.26. The first kappa shape index (κ1) is 15.6. The summed E-state index contributed by atoms with van der Waals surface area (Å²) in [4.78, 5) is 0.142. The van der Waals surface area contributed by atoms with Crippen molar-refractivity contribution in [1.29, 1.82) is 0 Å². The van der Waals surface area contributed by atoms with Crippen molar-refractivity contribution in [3.63, 3.8) is 0 Å². The van der Waals surface area contributed by atoms with Gasteiger partial charge in [0.2, 0.25) is 10.0 Å². The highest BCUT2D eigenvalue weighted by Crippen LogP contribution is 2.27. The lowest BCUT2D eigenvalue weighted by Crippen LogP contribution is -2.31. The van der Waals surface area contributed by atoms with Crippen molar-refractivity contribution in [1.82, 2.24) is 4.72 Å². The van der Waals surface area contributed by atoms with Crippen molar-refractivity contribution in [2.75, 3.05) is 19.8 Å². The van der Waals surface area contributed by atoms with Gasteiger partial charge in [-0.3, -0.25) is 0 Å². The summed E-state index contributed by atoms with van der Waals surface area (Å²) in [7, 11) is -3.57. The average Bonchev–Trinajstić information content (AvgIpc) is 2.92. The molecule has 1 fully saturated rings. The van der Waals surface area contributed by atoms with Crippen molar-refractivity contribution >= 4 is 21.6 Å². The van der Waals surface area contributed by atoms with E-state index in [4.69, 9.17) is 21.1 Å². The second kappa shape index (κ2) is 6.76. The van der Waals surface area contributed by atoms with Crippen molar-refractivity contribution < 1.29 is 17.9 Å². The van der Waals surface area contributed by atoms with Crippen LogP contribution in [0.4, 0.5) is 0 Å². The second-order valence-electron chi connectivity index (χ2n) is 4.51. The molecule has 1 saturated heterocycles. The van der Waals surface area contributed by atoms with E-state index >= 15 is 0 Å². The van der Waals surface area contributed by atoms with Crippen LogP contribution >= 0.6 is 11.6 Å². The van der Waals surface area contributed by atoms with Gasteiger partial charge in [0.25, 0.3) is 0 Å². The predicted molar refractivity (Wildman–Crippen MR) is 76.8 cm³/mol. The van der Waals surface area contributed by atoms with Gasteiger partial charge in [-0.05, 0) is 31.9 Å². The quantitative estimate of drug-likeness (QED) is 0.873. The SMILES string of the molecule is CCOc1cc(S(=O)(=O)NCC2CCCO2)ccc1Cl. The van der Waals surface area contributed by atoms with Crippen LogP contribution in [0, 0.1) is 0 Å². The van der Waals surface area contributed by atoms with Gasteiger partial charge in [-0.2, -0.15) is 0 Å².